The van der Waals surface area contributed by atoms with Crippen molar-refractivity contribution < 1.29 is 19.4 Å². The number of aryl methyl sites for hydroxylation is 1. The van der Waals surface area contributed by atoms with Gasteiger partial charge < -0.3 is 20.9 Å². The number of carbonyl (C=O) groups excluding carboxylic acids is 1. The summed E-state index contributed by atoms with van der Waals surface area (Å²) in [6.45, 7) is 0. The molecule has 0 aliphatic carbocycles. The van der Waals surface area contributed by atoms with Gasteiger partial charge in [0.1, 0.15) is 11.8 Å². The third-order valence-electron chi connectivity index (χ3n) is 2.80. The van der Waals surface area contributed by atoms with Crippen LogP contribution < -0.4 is 15.8 Å². The third-order valence-corrected chi connectivity index (χ3v) is 2.80. The van der Waals surface area contributed by atoms with Gasteiger partial charge in [-0.15, -0.1) is 0 Å². The molecule has 0 fully saturated rings. The molecule has 6 nitrogen and oxygen atoms in total. The van der Waals surface area contributed by atoms with Gasteiger partial charge in [0, 0.05) is 7.05 Å². The number of hydrogen-bond donors (Lipinski definition) is 3. The molecule has 19 heavy (non-hydrogen) atoms. The molecule has 0 aliphatic rings. The molecule has 0 spiro atoms. The van der Waals surface area contributed by atoms with Crippen LogP contribution in [0.4, 0.5) is 0 Å². The minimum Gasteiger partial charge on any atom is -0.496 e. The standard InChI is InChI=1S/C13H18N2O4/c1-15-12(16)9-5-3-8(7-11(9)19-2)4-6-10(14)13(17)18/h3,5,7,10H,4,6,14H2,1-2H3,(H,15,16)(H,17,18)/t10-/m1/s1. The summed E-state index contributed by atoms with van der Waals surface area (Å²) in [6, 6.07) is 4.25. The molecule has 6 heteroatoms. The van der Waals surface area contributed by atoms with Crippen molar-refractivity contribution in [3.05, 3.63) is 29.3 Å². The third kappa shape index (κ3) is 3.96. The van der Waals surface area contributed by atoms with Crippen LogP contribution in [0.1, 0.15) is 22.3 Å². The highest BCUT2D eigenvalue weighted by atomic mass is 16.5. The molecule has 0 aliphatic heterocycles. The maximum Gasteiger partial charge on any atom is 0.320 e. The summed E-state index contributed by atoms with van der Waals surface area (Å²) in [5, 5.41) is 11.2. The fraction of sp³-hybridized carbons (Fsp3) is 0.385. The number of ether oxygens (including phenoxy) is 1. The second kappa shape index (κ2) is 6.75. The summed E-state index contributed by atoms with van der Waals surface area (Å²) in [7, 11) is 3.02. The van der Waals surface area contributed by atoms with E-state index in [0.29, 0.717) is 24.2 Å². The molecule has 0 unspecified atom stereocenters. The summed E-state index contributed by atoms with van der Waals surface area (Å²) < 4.78 is 5.15. The van der Waals surface area contributed by atoms with Crippen LogP contribution in [-0.4, -0.2) is 37.2 Å². The Morgan fingerprint density at radius 2 is 2.16 bits per heavy atom. The molecule has 1 aromatic carbocycles. The molecule has 1 amide bonds. The van der Waals surface area contributed by atoms with Gasteiger partial charge in [-0.05, 0) is 30.5 Å². The van der Waals surface area contributed by atoms with E-state index >= 15 is 0 Å². The van der Waals surface area contributed by atoms with E-state index in [2.05, 4.69) is 5.32 Å². The van der Waals surface area contributed by atoms with Gasteiger partial charge in [-0.2, -0.15) is 0 Å². The Labute approximate surface area is 111 Å². The molecule has 0 heterocycles. The Morgan fingerprint density at radius 3 is 2.68 bits per heavy atom. The van der Waals surface area contributed by atoms with Gasteiger partial charge in [0.05, 0.1) is 12.7 Å². The van der Waals surface area contributed by atoms with Crippen LogP contribution >= 0.6 is 0 Å². The van der Waals surface area contributed by atoms with Crippen molar-refractivity contribution in [2.24, 2.45) is 5.73 Å². The molecule has 0 saturated carbocycles. The molecule has 104 valence electrons. The first-order valence-electron chi connectivity index (χ1n) is 5.87. The van der Waals surface area contributed by atoms with E-state index in [-0.39, 0.29) is 5.91 Å². The maximum atomic E-state index is 11.6. The van der Waals surface area contributed by atoms with E-state index in [1.807, 2.05) is 0 Å². The topological polar surface area (TPSA) is 102 Å². The fourth-order valence-electron chi connectivity index (χ4n) is 1.66. The lowest BCUT2D eigenvalue weighted by Crippen LogP contribution is -2.30. The Morgan fingerprint density at radius 1 is 1.47 bits per heavy atom. The van der Waals surface area contributed by atoms with Crippen molar-refractivity contribution in [1.82, 2.24) is 5.32 Å². The van der Waals surface area contributed by atoms with Gasteiger partial charge in [-0.25, -0.2) is 0 Å². The molecule has 0 radical (unpaired) electrons. The SMILES string of the molecule is CNC(=O)c1ccc(CC[C@@H](N)C(=O)O)cc1OC. The Balaban J connectivity index is 2.82. The highest BCUT2D eigenvalue weighted by Crippen LogP contribution is 2.21. The number of methoxy groups -OCH3 is 1. The molecule has 0 aromatic heterocycles. The Kier molecular flexibility index (Phi) is 5.32. The van der Waals surface area contributed by atoms with Crippen LogP contribution in [0.25, 0.3) is 0 Å². The fourth-order valence-corrected chi connectivity index (χ4v) is 1.66. The van der Waals surface area contributed by atoms with Crippen molar-refractivity contribution in [2.75, 3.05) is 14.2 Å². The lowest BCUT2D eigenvalue weighted by Gasteiger charge is -2.11. The van der Waals surface area contributed by atoms with Crippen molar-refractivity contribution in [1.29, 1.82) is 0 Å². The van der Waals surface area contributed by atoms with Crippen LogP contribution in [0.2, 0.25) is 0 Å². The predicted octanol–water partition coefficient (Wildman–Crippen LogP) is 0.399. The van der Waals surface area contributed by atoms with Gasteiger partial charge in [0.2, 0.25) is 0 Å². The number of benzene rings is 1. The van der Waals surface area contributed by atoms with Crippen LogP contribution in [0.5, 0.6) is 5.75 Å². The normalized spacial score (nSPS) is 11.7. The van der Waals surface area contributed by atoms with Crippen LogP contribution in [-0.2, 0) is 11.2 Å². The number of nitrogens with one attached hydrogen (secondary N) is 1. The molecule has 0 saturated heterocycles. The lowest BCUT2D eigenvalue weighted by molar-refractivity contribution is -0.138. The first kappa shape index (κ1) is 15.0. The summed E-state index contributed by atoms with van der Waals surface area (Å²) in [4.78, 5) is 22.2. The largest absolute Gasteiger partial charge is 0.496 e. The number of carboxylic acid groups (broad SMARTS) is 1. The summed E-state index contributed by atoms with van der Waals surface area (Å²) in [5.74, 6) is -0.791. The maximum absolute atomic E-state index is 11.6. The van der Waals surface area contributed by atoms with Gasteiger partial charge in [0.25, 0.3) is 5.91 Å². The number of hydrogen-bond acceptors (Lipinski definition) is 4. The van der Waals surface area contributed by atoms with Crippen LogP contribution in [0, 0.1) is 0 Å². The number of rotatable bonds is 6. The molecule has 0 bridgehead atoms. The van der Waals surface area contributed by atoms with Crippen molar-refractivity contribution in [2.45, 2.75) is 18.9 Å². The Bertz CT molecular complexity index is 474. The molecule has 1 rings (SSSR count). The smallest absolute Gasteiger partial charge is 0.320 e. The first-order valence-corrected chi connectivity index (χ1v) is 5.87. The second-order valence-electron chi connectivity index (χ2n) is 4.10. The first-order chi connectivity index (χ1) is 8.99. The molecular weight excluding hydrogens is 248 g/mol. The minimum absolute atomic E-state index is 0.231. The molecule has 4 N–H and O–H groups in total. The van der Waals surface area contributed by atoms with Gasteiger partial charge in [-0.3, -0.25) is 9.59 Å². The Hall–Kier alpha value is -2.08. The van der Waals surface area contributed by atoms with E-state index in [1.54, 1.807) is 25.2 Å². The zero-order chi connectivity index (χ0) is 14.4. The number of amides is 1. The number of carboxylic acids is 1. The van der Waals surface area contributed by atoms with Crippen LogP contribution in [0.15, 0.2) is 18.2 Å². The van der Waals surface area contributed by atoms with E-state index in [4.69, 9.17) is 15.6 Å². The van der Waals surface area contributed by atoms with E-state index in [1.165, 1.54) is 7.11 Å². The average molecular weight is 266 g/mol. The van der Waals surface area contributed by atoms with Gasteiger partial charge in [0.15, 0.2) is 0 Å². The highest BCUT2D eigenvalue weighted by Gasteiger charge is 2.14. The molecule has 1 atom stereocenters. The van der Waals surface area contributed by atoms with Gasteiger partial charge >= 0.3 is 5.97 Å². The number of aliphatic carboxylic acids is 1. The summed E-state index contributed by atoms with van der Waals surface area (Å²) in [5.41, 5.74) is 6.76. The highest BCUT2D eigenvalue weighted by molar-refractivity contribution is 5.96. The monoisotopic (exact) mass is 266 g/mol. The van der Waals surface area contributed by atoms with Crippen molar-refractivity contribution in [3.8, 4) is 5.75 Å². The predicted molar refractivity (Wildman–Crippen MR) is 70.3 cm³/mol. The summed E-state index contributed by atoms with van der Waals surface area (Å²) in [6.07, 6.45) is 0.843. The van der Waals surface area contributed by atoms with E-state index < -0.39 is 12.0 Å². The zero-order valence-electron chi connectivity index (χ0n) is 11.0. The zero-order valence-corrected chi connectivity index (χ0v) is 11.0. The van der Waals surface area contributed by atoms with E-state index in [9.17, 15) is 9.59 Å². The van der Waals surface area contributed by atoms with Crippen molar-refractivity contribution >= 4 is 11.9 Å². The summed E-state index contributed by atoms with van der Waals surface area (Å²) >= 11 is 0. The average Bonchev–Trinajstić information content (AvgIpc) is 2.43. The molecular formula is C13H18N2O4. The quantitative estimate of drug-likeness (QED) is 0.691. The molecule has 1 aromatic rings. The lowest BCUT2D eigenvalue weighted by atomic mass is 10.0. The van der Waals surface area contributed by atoms with Crippen LogP contribution in [0.3, 0.4) is 0 Å². The van der Waals surface area contributed by atoms with E-state index in [0.717, 1.165) is 5.56 Å². The minimum atomic E-state index is -1.02. The second-order valence-corrected chi connectivity index (χ2v) is 4.10. The van der Waals surface area contributed by atoms with Crippen molar-refractivity contribution in [3.63, 3.8) is 0 Å². The van der Waals surface area contributed by atoms with Gasteiger partial charge in [-0.1, -0.05) is 6.07 Å². The number of carbonyl (C=O) groups is 2. The number of nitrogens with two attached hydrogens (primary N) is 1.